The molecular formula is C14H15N3O4. The smallest absolute Gasteiger partial charge is 0.408 e. The molecule has 1 amide bonds. The topological polar surface area (TPSA) is 93.5 Å². The van der Waals surface area contributed by atoms with Crippen LogP contribution in [0.4, 0.5) is 4.79 Å². The summed E-state index contributed by atoms with van der Waals surface area (Å²) in [5.74, 6) is -1.14. The Hall–Kier alpha value is -2.83. The first kappa shape index (κ1) is 14.6. The van der Waals surface area contributed by atoms with Gasteiger partial charge >= 0.3 is 12.1 Å². The minimum atomic E-state index is -1.14. The predicted octanol–water partition coefficient (Wildman–Crippen LogP) is 1.26. The van der Waals surface area contributed by atoms with Crippen LogP contribution >= 0.6 is 0 Å². The SMILES string of the molecule is O=C(NC(Cn1ccnc1)C(=O)O)OCc1ccccc1. The maximum Gasteiger partial charge on any atom is 0.408 e. The molecule has 21 heavy (non-hydrogen) atoms. The van der Waals surface area contributed by atoms with Crippen LogP contribution in [0, 0.1) is 0 Å². The highest BCUT2D eigenvalue weighted by molar-refractivity contribution is 5.79. The molecule has 2 rings (SSSR count). The molecule has 110 valence electrons. The van der Waals surface area contributed by atoms with Crippen LogP contribution in [0.15, 0.2) is 49.1 Å². The van der Waals surface area contributed by atoms with E-state index < -0.39 is 18.1 Å². The number of carbonyl (C=O) groups is 2. The van der Waals surface area contributed by atoms with E-state index in [2.05, 4.69) is 10.3 Å². The second-order valence-electron chi connectivity index (χ2n) is 4.36. The number of aromatic nitrogens is 2. The van der Waals surface area contributed by atoms with Gasteiger partial charge in [-0.15, -0.1) is 0 Å². The van der Waals surface area contributed by atoms with Gasteiger partial charge in [0.2, 0.25) is 0 Å². The van der Waals surface area contributed by atoms with Gasteiger partial charge < -0.3 is 19.7 Å². The number of carboxylic acid groups (broad SMARTS) is 1. The van der Waals surface area contributed by atoms with Gasteiger partial charge in [0.05, 0.1) is 12.9 Å². The van der Waals surface area contributed by atoms with E-state index in [9.17, 15) is 9.59 Å². The van der Waals surface area contributed by atoms with E-state index >= 15 is 0 Å². The lowest BCUT2D eigenvalue weighted by Gasteiger charge is -2.15. The van der Waals surface area contributed by atoms with Crippen molar-refractivity contribution < 1.29 is 19.4 Å². The van der Waals surface area contributed by atoms with Crippen LogP contribution in [-0.2, 0) is 22.7 Å². The van der Waals surface area contributed by atoms with Crippen LogP contribution in [0.2, 0.25) is 0 Å². The molecular weight excluding hydrogens is 274 g/mol. The van der Waals surface area contributed by atoms with Gasteiger partial charge in [-0.05, 0) is 5.56 Å². The van der Waals surface area contributed by atoms with Crippen molar-refractivity contribution in [2.75, 3.05) is 0 Å². The molecule has 7 nitrogen and oxygen atoms in total. The molecule has 1 aromatic heterocycles. The van der Waals surface area contributed by atoms with Gasteiger partial charge in [0.1, 0.15) is 12.6 Å². The molecule has 0 aliphatic carbocycles. The van der Waals surface area contributed by atoms with Crippen molar-refractivity contribution in [2.24, 2.45) is 0 Å². The van der Waals surface area contributed by atoms with E-state index in [1.165, 1.54) is 12.5 Å². The van der Waals surface area contributed by atoms with Gasteiger partial charge in [-0.3, -0.25) is 0 Å². The second-order valence-corrected chi connectivity index (χ2v) is 4.36. The highest BCUT2D eigenvalue weighted by atomic mass is 16.5. The van der Waals surface area contributed by atoms with Crippen LogP contribution in [0.3, 0.4) is 0 Å². The Morgan fingerprint density at radius 2 is 2.10 bits per heavy atom. The summed E-state index contributed by atoms with van der Waals surface area (Å²) in [4.78, 5) is 26.6. The lowest BCUT2D eigenvalue weighted by Crippen LogP contribution is -2.43. The zero-order valence-corrected chi connectivity index (χ0v) is 11.2. The summed E-state index contributed by atoms with van der Waals surface area (Å²) in [5.41, 5.74) is 0.828. The maximum absolute atomic E-state index is 11.6. The Kier molecular flexibility index (Phi) is 4.92. The molecule has 0 spiro atoms. The number of rotatable bonds is 6. The number of carbonyl (C=O) groups excluding carboxylic acids is 1. The number of ether oxygens (including phenoxy) is 1. The number of nitrogens with zero attached hydrogens (tertiary/aromatic N) is 2. The number of hydrogen-bond acceptors (Lipinski definition) is 4. The summed E-state index contributed by atoms with van der Waals surface area (Å²) in [6.45, 7) is 0.167. The molecule has 1 unspecified atom stereocenters. The zero-order chi connectivity index (χ0) is 15.1. The van der Waals surface area contributed by atoms with Gasteiger partial charge in [0, 0.05) is 12.4 Å². The number of benzene rings is 1. The molecule has 0 radical (unpaired) electrons. The summed E-state index contributed by atoms with van der Waals surface area (Å²) in [6.07, 6.45) is 3.86. The predicted molar refractivity (Wildman–Crippen MR) is 73.4 cm³/mol. The first-order valence-corrected chi connectivity index (χ1v) is 6.31. The normalized spacial score (nSPS) is 11.6. The molecule has 2 aromatic rings. The van der Waals surface area contributed by atoms with E-state index in [0.717, 1.165) is 5.56 Å². The third kappa shape index (κ3) is 4.64. The standard InChI is InChI=1S/C14H15N3O4/c18-13(19)12(8-17-7-6-15-10-17)16-14(20)21-9-11-4-2-1-3-5-11/h1-7,10,12H,8-9H2,(H,16,20)(H,18,19). The zero-order valence-electron chi connectivity index (χ0n) is 11.2. The molecule has 0 bridgehead atoms. The second kappa shape index (κ2) is 7.09. The number of aliphatic carboxylic acids is 1. The van der Waals surface area contributed by atoms with Crippen molar-refractivity contribution >= 4 is 12.1 Å². The highest BCUT2D eigenvalue weighted by Crippen LogP contribution is 2.01. The molecule has 1 aromatic carbocycles. The number of amides is 1. The molecule has 2 N–H and O–H groups in total. The van der Waals surface area contributed by atoms with E-state index in [4.69, 9.17) is 9.84 Å². The minimum absolute atomic E-state index is 0.0791. The van der Waals surface area contributed by atoms with Crippen molar-refractivity contribution in [1.29, 1.82) is 0 Å². The Morgan fingerprint density at radius 1 is 1.33 bits per heavy atom. The number of hydrogen-bond donors (Lipinski definition) is 2. The Balaban J connectivity index is 1.85. The summed E-state index contributed by atoms with van der Waals surface area (Å²) in [5, 5.41) is 11.4. The van der Waals surface area contributed by atoms with Gasteiger partial charge in [-0.2, -0.15) is 0 Å². The van der Waals surface area contributed by atoms with Gasteiger partial charge in [0.15, 0.2) is 0 Å². The highest BCUT2D eigenvalue weighted by Gasteiger charge is 2.21. The van der Waals surface area contributed by atoms with Crippen molar-refractivity contribution in [2.45, 2.75) is 19.2 Å². The first-order chi connectivity index (χ1) is 10.1. The molecule has 7 heteroatoms. The van der Waals surface area contributed by atoms with Gasteiger partial charge in [-0.25, -0.2) is 14.6 Å². The summed E-state index contributed by atoms with van der Waals surface area (Å²) in [6, 6.07) is 8.06. The number of imidazole rings is 1. The molecule has 0 fully saturated rings. The van der Waals surface area contributed by atoms with Crippen LogP contribution in [0.5, 0.6) is 0 Å². The van der Waals surface area contributed by atoms with Gasteiger partial charge in [0.25, 0.3) is 0 Å². The van der Waals surface area contributed by atoms with Crippen LogP contribution in [0.25, 0.3) is 0 Å². The van der Waals surface area contributed by atoms with Crippen molar-refractivity contribution in [3.8, 4) is 0 Å². The van der Waals surface area contributed by atoms with Crippen LogP contribution in [0.1, 0.15) is 5.56 Å². The molecule has 1 atom stereocenters. The molecule has 1 heterocycles. The lowest BCUT2D eigenvalue weighted by atomic mass is 10.2. The molecule has 0 aliphatic rings. The minimum Gasteiger partial charge on any atom is -0.480 e. The number of nitrogens with one attached hydrogen (secondary N) is 1. The third-order valence-corrected chi connectivity index (χ3v) is 2.76. The summed E-state index contributed by atoms with van der Waals surface area (Å²) in [7, 11) is 0. The van der Waals surface area contributed by atoms with E-state index in [0.29, 0.717) is 0 Å². The van der Waals surface area contributed by atoms with E-state index in [1.807, 2.05) is 30.3 Å². The summed E-state index contributed by atoms with van der Waals surface area (Å²) < 4.78 is 6.56. The largest absolute Gasteiger partial charge is 0.480 e. The van der Waals surface area contributed by atoms with Crippen molar-refractivity contribution in [1.82, 2.24) is 14.9 Å². The third-order valence-electron chi connectivity index (χ3n) is 2.76. The number of alkyl carbamates (subject to hydrolysis) is 1. The monoisotopic (exact) mass is 289 g/mol. The quantitative estimate of drug-likeness (QED) is 0.835. The fraction of sp³-hybridized carbons (Fsp3) is 0.214. The molecule has 0 saturated carbocycles. The Morgan fingerprint density at radius 3 is 2.71 bits per heavy atom. The van der Waals surface area contributed by atoms with Crippen molar-refractivity contribution in [3.63, 3.8) is 0 Å². The van der Waals surface area contributed by atoms with Crippen molar-refractivity contribution in [3.05, 3.63) is 54.6 Å². The van der Waals surface area contributed by atoms with E-state index in [-0.39, 0.29) is 13.2 Å². The molecule has 0 saturated heterocycles. The first-order valence-electron chi connectivity index (χ1n) is 6.31. The fourth-order valence-electron chi connectivity index (χ4n) is 1.70. The Labute approximate surface area is 121 Å². The molecule has 0 aliphatic heterocycles. The van der Waals surface area contributed by atoms with Crippen LogP contribution < -0.4 is 5.32 Å². The van der Waals surface area contributed by atoms with Crippen LogP contribution in [-0.4, -0.2) is 32.8 Å². The Bertz CT molecular complexity index is 584. The average molecular weight is 289 g/mol. The maximum atomic E-state index is 11.6. The fourth-order valence-corrected chi connectivity index (χ4v) is 1.70. The average Bonchev–Trinajstić information content (AvgIpc) is 2.98. The van der Waals surface area contributed by atoms with E-state index in [1.54, 1.807) is 10.8 Å². The van der Waals surface area contributed by atoms with Gasteiger partial charge in [-0.1, -0.05) is 30.3 Å². The lowest BCUT2D eigenvalue weighted by molar-refractivity contribution is -0.139. The number of carboxylic acids is 1. The summed E-state index contributed by atoms with van der Waals surface area (Å²) >= 11 is 0.